The van der Waals surface area contributed by atoms with Gasteiger partial charge in [-0.15, -0.1) is 0 Å². The maximum atomic E-state index is 12.4. The Bertz CT molecular complexity index is 307. The van der Waals surface area contributed by atoms with Crippen LogP contribution in [0.3, 0.4) is 0 Å². The van der Waals surface area contributed by atoms with E-state index in [1.165, 1.54) is 0 Å². The number of hydrogen-bond donors (Lipinski definition) is 0. The van der Waals surface area contributed by atoms with E-state index in [-0.39, 0.29) is 11.9 Å². The lowest BCUT2D eigenvalue weighted by Crippen LogP contribution is -2.43. The van der Waals surface area contributed by atoms with Gasteiger partial charge in [-0.05, 0) is 25.8 Å². The Morgan fingerprint density at radius 2 is 1.57 bits per heavy atom. The zero-order chi connectivity index (χ0) is 16.4. The molecule has 0 spiro atoms. The minimum atomic E-state index is -0.210. The van der Waals surface area contributed by atoms with Gasteiger partial charge in [0.15, 0.2) is 0 Å². The van der Waals surface area contributed by atoms with E-state index in [1.54, 1.807) is 6.92 Å². The second kappa shape index (κ2) is 10.6. The van der Waals surface area contributed by atoms with E-state index in [2.05, 4.69) is 27.7 Å². The fourth-order valence-corrected chi connectivity index (χ4v) is 2.08. The van der Waals surface area contributed by atoms with Gasteiger partial charge < -0.3 is 9.64 Å². The molecular weight excluding hydrogens is 268 g/mol. The number of nitrogens with zero attached hydrogens (tertiary/aromatic N) is 2. The van der Waals surface area contributed by atoms with Gasteiger partial charge in [0, 0.05) is 19.6 Å². The summed E-state index contributed by atoms with van der Waals surface area (Å²) in [5.74, 6) is 0.830. The van der Waals surface area contributed by atoms with Gasteiger partial charge in [-0.2, -0.15) is 0 Å². The number of esters is 1. The standard InChI is InChI=1S/C16H32N2O3/c1-7-21-16(20)8-9-17(6)12-15(19)18(10-13(2)3)11-14(4)5/h13-14H,7-12H2,1-6H3. The Morgan fingerprint density at radius 1 is 1.05 bits per heavy atom. The molecule has 0 aliphatic heterocycles. The molecule has 0 atom stereocenters. The van der Waals surface area contributed by atoms with Gasteiger partial charge in [0.1, 0.15) is 0 Å². The van der Waals surface area contributed by atoms with E-state index < -0.39 is 0 Å². The first-order valence-electron chi connectivity index (χ1n) is 7.88. The molecule has 0 heterocycles. The van der Waals surface area contributed by atoms with Crippen LogP contribution in [0.1, 0.15) is 41.0 Å². The number of likely N-dealkylation sites (N-methyl/N-ethyl adjacent to an activating group) is 1. The van der Waals surface area contributed by atoms with Crippen molar-refractivity contribution in [1.29, 1.82) is 0 Å². The fourth-order valence-electron chi connectivity index (χ4n) is 2.08. The monoisotopic (exact) mass is 300 g/mol. The normalized spacial score (nSPS) is 11.3. The highest BCUT2D eigenvalue weighted by molar-refractivity contribution is 5.78. The largest absolute Gasteiger partial charge is 0.466 e. The molecule has 0 fully saturated rings. The third kappa shape index (κ3) is 10.3. The molecule has 0 saturated heterocycles. The molecule has 0 unspecified atom stereocenters. The Kier molecular flexibility index (Phi) is 10.0. The smallest absolute Gasteiger partial charge is 0.307 e. The first-order valence-corrected chi connectivity index (χ1v) is 7.88. The maximum absolute atomic E-state index is 12.4. The lowest BCUT2D eigenvalue weighted by atomic mass is 10.1. The number of carbonyl (C=O) groups is 2. The molecule has 0 rings (SSSR count). The molecule has 0 aromatic rings. The second-order valence-electron chi connectivity index (χ2n) is 6.38. The highest BCUT2D eigenvalue weighted by Gasteiger charge is 2.18. The zero-order valence-corrected chi connectivity index (χ0v) is 14.5. The third-order valence-corrected chi connectivity index (χ3v) is 2.93. The average Bonchev–Trinajstić information content (AvgIpc) is 2.34. The molecular formula is C16H32N2O3. The van der Waals surface area contributed by atoms with E-state index in [9.17, 15) is 9.59 Å². The molecule has 124 valence electrons. The van der Waals surface area contributed by atoms with Gasteiger partial charge in [-0.25, -0.2) is 0 Å². The summed E-state index contributed by atoms with van der Waals surface area (Å²) in [6.45, 7) is 13.1. The van der Waals surface area contributed by atoms with Crippen LogP contribution in [0.15, 0.2) is 0 Å². The number of ether oxygens (including phenoxy) is 1. The predicted molar refractivity (Wildman–Crippen MR) is 85.0 cm³/mol. The quantitative estimate of drug-likeness (QED) is 0.579. The minimum Gasteiger partial charge on any atom is -0.466 e. The van der Waals surface area contributed by atoms with E-state index in [0.717, 1.165) is 13.1 Å². The van der Waals surface area contributed by atoms with Crippen LogP contribution in [0.2, 0.25) is 0 Å². The highest BCUT2D eigenvalue weighted by Crippen LogP contribution is 2.05. The van der Waals surface area contributed by atoms with Crippen LogP contribution in [0.25, 0.3) is 0 Å². The molecule has 0 aliphatic carbocycles. The molecule has 0 radical (unpaired) electrons. The van der Waals surface area contributed by atoms with Crippen molar-refractivity contribution in [2.45, 2.75) is 41.0 Å². The predicted octanol–water partition coefficient (Wildman–Crippen LogP) is 2.01. The summed E-state index contributed by atoms with van der Waals surface area (Å²) >= 11 is 0. The first-order chi connectivity index (χ1) is 9.76. The van der Waals surface area contributed by atoms with Crippen molar-refractivity contribution in [2.75, 3.05) is 39.8 Å². The van der Waals surface area contributed by atoms with Crippen LogP contribution in [0.5, 0.6) is 0 Å². The van der Waals surface area contributed by atoms with Gasteiger partial charge in [0.2, 0.25) is 5.91 Å². The van der Waals surface area contributed by atoms with Crippen LogP contribution in [-0.2, 0) is 14.3 Å². The summed E-state index contributed by atoms with van der Waals surface area (Å²) in [5.41, 5.74) is 0. The van der Waals surface area contributed by atoms with Gasteiger partial charge in [0.05, 0.1) is 19.6 Å². The second-order valence-corrected chi connectivity index (χ2v) is 6.38. The van der Waals surface area contributed by atoms with E-state index in [1.807, 2.05) is 16.8 Å². The number of amides is 1. The summed E-state index contributed by atoms with van der Waals surface area (Å²) in [4.78, 5) is 27.5. The zero-order valence-electron chi connectivity index (χ0n) is 14.5. The Morgan fingerprint density at radius 3 is 2.00 bits per heavy atom. The van der Waals surface area contributed by atoms with Gasteiger partial charge in [0.25, 0.3) is 0 Å². The number of carbonyl (C=O) groups excluding carboxylic acids is 2. The average molecular weight is 300 g/mol. The molecule has 0 aromatic carbocycles. The van der Waals surface area contributed by atoms with Crippen LogP contribution in [0.4, 0.5) is 0 Å². The topological polar surface area (TPSA) is 49.9 Å². The lowest BCUT2D eigenvalue weighted by molar-refractivity contribution is -0.144. The highest BCUT2D eigenvalue weighted by atomic mass is 16.5. The number of rotatable bonds is 10. The Labute approximate surface area is 129 Å². The van der Waals surface area contributed by atoms with Gasteiger partial charge in [-0.1, -0.05) is 27.7 Å². The van der Waals surface area contributed by atoms with Crippen molar-refractivity contribution in [3.05, 3.63) is 0 Å². The third-order valence-electron chi connectivity index (χ3n) is 2.93. The van der Waals surface area contributed by atoms with Gasteiger partial charge >= 0.3 is 5.97 Å². The van der Waals surface area contributed by atoms with Crippen molar-refractivity contribution in [2.24, 2.45) is 11.8 Å². The fraction of sp³-hybridized carbons (Fsp3) is 0.875. The minimum absolute atomic E-state index is 0.128. The molecule has 0 saturated carbocycles. The van der Waals surface area contributed by atoms with Crippen LogP contribution in [-0.4, -0.2) is 61.5 Å². The van der Waals surface area contributed by atoms with Crippen LogP contribution >= 0.6 is 0 Å². The van der Waals surface area contributed by atoms with Crippen molar-refractivity contribution in [3.8, 4) is 0 Å². The molecule has 0 aliphatic rings. The summed E-state index contributed by atoms with van der Waals surface area (Å²) in [7, 11) is 1.86. The van der Waals surface area contributed by atoms with Gasteiger partial charge in [-0.3, -0.25) is 14.5 Å². The molecule has 1 amide bonds. The van der Waals surface area contributed by atoms with Crippen molar-refractivity contribution >= 4 is 11.9 Å². The first kappa shape index (κ1) is 19.9. The molecule has 5 nitrogen and oxygen atoms in total. The molecule has 0 N–H and O–H groups in total. The van der Waals surface area contributed by atoms with E-state index in [0.29, 0.717) is 38.0 Å². The molecule has 21 heavy (non-hydrogen) atoms. The summed E-state index contributed by atoms with van der Waals surface area (Å²) < 4.78 is 4.89. The summed E-state index contributed by atoms with van der Waals surface area (Å²) in [6.07, 6.45) is 0.325. The Hall–Kier alpha value is -1.10. The maximum Gasteiger partial charge on any atom is 0.307 e. The molecule has 5 heteroatoms. The van der Waals surface area contributed by atoms with Crippen molar-refractivity contribution in [3.63, 3.8) is 0 Å². The molecule has 0 bridgehead atoms. The van der Waals surface area contributed by atoms with E-state index in [4.69, 9.17) is 4.74 Å². The summed E-state index contributed by atoms with van der Waals surface area (Å²) in [6, 6.07) is 0. The number of hydrogen-bond acceptors (Lipinski definition) is 4. The van der Waals surface area contributed by atoms with Crippen LogP contribution in [0, 0.1) is 11.8 Å². The van der Waals surface area contributed by atoms with E-state index >= 15 is 0 Å². The Balaban J connectivity index is 4.29. The summed E-state index contributed by atoms with van der Waals surface area (Å²) in [5, 5.41) is 0. The van der Waals surface area contributed by atoms with Crippen LogP contribution < -0.4 is 0 Å². The van der Waals surface area contributed by atoms with Crippen molar-refractivity contribution < 1.29 is 14.3 Å². The molecule has 0 aromatic heterocycles. The lowest BCUT2D eigenvalue weighted by Gasteiger charge is -2.28. The van der Waals surface area contributed by atoms with Crippen molar-refractivity contribution in [1.82, 2.24) is 9.80 Å². The SMILES string of the molecule is CCOC(=O)CCN(C)CC(=O)N(CC(C)C)CC(C)C.